The van der Waals surface area contributed by atoms with E-state index in [1.54, 1.807) is 12.0 Å². The van der Waals surface area contributed by atoms with Gasteiger partial charge in [0.25, 0.3) is 0 Å². The summed E-state index contributed by atoms with van der Waals surface area (Å²) in [5, 5.41) is 12.1. The first-order valence-electron chi connectivity index (χ1n) is 7.43. The maximum Gasteiger partial charge on any atom is 0.317 e. The molecule has 3 atom stereocenters. The van der Waals surface area contributed by atoms with Crippen LogP contribution in [0.3, 0.4) is 0 Å². The average molecular weight is 284 g/mol. The van der Waals surface area contributed by atoms with Crippen molar-refractivity contribution in [3.8, 4) is 0 Å². The van der Waals surface area contributed by atoms with E-state index in [9.17, 15) is 9.59 Å². The first-order chi connectivity index (χ1) is 9.61. The van der Waals surface area contributed by atoms with Crippen molar-refractivity contribution >= 4 is 12.0 Å². The molecule has 2 amide bonds. The largest absolute Gasteiger partial charge is 0.481 e. The fraction of sp³-hybridized carbons (Fsp3) is 0.857. The molecule has 0 aromatic heterocycles. The number of amides is 2. The van der Waals surface area contributed by atoms with E-state index in [0.717, 1.165) is 32.1 Å². The van der Waals surface area contributed by atoms with E-state index in [2.05, 4.69) is 5.32 Å². The summed E-state index contributed by atoms with van der Waals surface area (Å²) in [6.45, 7) is 0.950. The van der Waals surface area contributed by atoms with Gasteiger partial charge < -0.3 is 20.1 Å². The van der Waals surface area contributed by atoms with Gasteiger partial charge in [0.1, 0.15) is 0 Å². The summed E-state index contributed by atoms with van der Waals surface area (Å²) in [4.78, 5) is 24.9. The number of methoxy groups -OCH3 is 1. The highest BCUT2D eigenvalue weighted by Crippen LogP contribution is 2.22. The Balaban J connectivity index is 1.88. The summed E-state index contributed by atoms with van der Waals surface area (Å²) in [6.07, 6.45) is 5.62. The molecule has 0 radical (unpaired) electrons. The number of aliphatic carboxylic acids is 1. The first-order valence-corrected chi connectivity index (χ1v) is 7.43. The number of rotatable bonds is 3. The van der Waals surface area contributed by atoms with Gasteiger partial charge in [-0.25, -0.2) is 4.79 Å². The van der Waals surface area contributed by atoms with Gasteiger partial charge in [0.2, 0.25) is 0 Å². The minimum atomic E-state index is -0.810. The zero-order chi connectivity index (χ0) is 14.5. The van der Waals surface area contributed by atoms with E-state index >= 15 is 0 Å². The Morgan fingerprint density at radius 2 is 1.95 bits per heavy atom. The van der Waals surface area contributed by atoms with Gasteiger partial charge in [-0.1, -0.05) is 12.8 Å². The van der Waals surface area contributed by atoms with Crippen molar-refractivity contribution in [3.05, 3.63) is 0 Å². The molecule has 1 saturated carbocycles. The van der Waals surface area contributed by atoms with Crippen LogP contribution in [0, 0.1) is 5.92 Å². The van der Waals surface area contributed by atoms with Gasteiger partial charge in [0, 0.05) is 20.2 Å². The van der Waals surface area contributed by atoms with Gasteiger partial charge in [-0.05, 0) is 25.7 Å². The van der Waals surface area contributed by atoms with E-state index < -0.39 is 11.9 Å². The van der Waals surface area contributed by atoms with Crippen LogP contribution in [0.5, 0.6) is 0 Å². The third-order valence-electron chi connectivity index (χ3n) is 4.37. The maximum atomic E-state index is 12.3. The van der Waals surface area contributed by atoms with Gasteiger partial charge in [-0.3, -0.25) is 4.79 Å². The lowest BCUT2D eigenvalue weighted by Gasteiger charge is -2.35. The second-order valence-electron chi connectivity index (χ2n) is 5.74. The molecule has 6 heteroatoms. The Kier molecular flexibility index (Phi) is 5.23. The molecule has 1 aliphatic heterocycles. The highest BCUT2D eigenvalue weighted by Gasteiger charge is 2.31. The smallest absolute Gasteiger partial charge is 0.317 e. The topological polar surface area (TPSA) is 78.9 Å². The van der Waals surface area contributed by atoms with Crippen molar-refractivity contribution in [2.75, 3.05) is 20.2 Å². The standard InChI is InChI=1S/C14H24N2O4/c1-20-12-7-3-2-6-11(12)15-14(19)16-8-4-5-10(9-16)13(17)18/h10-12H,2-9H2,1H3,(H,15,19)(H,17,18)/t10?,11-,12-/m0/s1. The van der Waals surface area contributed by atoms with Crippen molar-refractivity contribution in [1.29, 1.82) is 0 Å². The maximum absolute atomic E-state index is 12.3. The van der Waals surface area contributed by atoms with E-state index in [4.69, 9.17) is 9.84 Å². The molecule has 1 aliphatic carbocycles. The Hall–Kier alpha value is -1.30. The number of piperidine rings is 1. The van der Waals surface area contributed by atoms with Crippen LogP contribution in [0.2, 0.25) is 0 Å². The lowest BCUT2D eigenvalue weighted by molar-refractivity contribution is -0.143. The number of nitrogens with one attached hydrogen (secondary N) is 1. The Bertz CT molecular complexity index is 361. The molecular formula is C14H24N2O4. The lowest BCUT2D eigenvalue weighted by Crippen LogP contribution is -2.53. The number of carbonyl (C=O) groups is 2. The molecule has 1 saturated heterocycles. The van der Waals surface area contributed by atoms with E-state index in [0.29, 0.717) is 19.5 Å². The fourth-order valence-electron chi connectivity index (χ4n) is 3.16. The van der Waals surface area contributed by atoms with Gasteiger partial charge in [0.15, 0.2) is 0 Å². The molecule has 20 heavy (non-hydrogen) atoms. The minimum absolute atomic E-state index is 0.0476. The molecule has 114 valence electrons. The van der Waals surface area contributed by atoms with Crippen LogP contribution in [0.1, 0.15) is 38.5 Å². The molecule has 0 aromatic rings. The molecule has 0 bridgehead atoms. The summed E-state index contributed by atoms with van der Waals surface area (Å²) >= 11 is 0. The number of likely N-dealkylation sites (tertiary alicyclic amines) is 1. The molecule has 2 N–H and O–H groups in total. The summed E-state index contributed by atoms with van der Waals surface area (Å²) in [5.41, 5.74) is 0. The number of hydrogen-bond acceptors (Lipinski definition) is 3. The molecule has 6 nitrogen and oxygen atoms in total. The van der Waals surface area contributed by atoms with Gasteiger partial charge >= 0.3 is 12.0 Å². The summed E-state index contributed by atoms with van der Waals surface area (Å²) < 4.78 is 5.42. The number of ether oxygens (including phenoxy) is 1. The molecule has 2 fully saturated rings. The zero-order valence-corrected chi connectivity index (χ0v) is 12.0. The molecular weight excluding hydrogens is 260 g/mol. The van der Waals surface area contributed by atoms with Crippen LogP contribution in [0.4, 0.5) is 4.79 Å². The van der Waals surface area contributed by atoms with E-state index in [-0.39, 0.29) is 18.2 Å². The SMILES string of the molecule is CO[C@H]1CCCC[C@@H]1NC(=O)N1CCCC(C(=O)O)C1. The lowest BCUT2D eigenvalue weighted by atomic mass is 9.92. The number of hydrogen-bond donors (Lipinski definition) is 2. The second-order valence-corrected chi connectivity index (χ2v) is 5.74. The summed E-state index contributed by atoms with van der Waals surface area (Å²) in [7, 11) is 1.68. The fourth-order valence-corrected chi connectivity index (χ4v) is 3.16. The van der Waals surface area contributed by atoms with E-state index in [1.807, 2.05) is 0 Å². The molecule has 2 rings (SSSR count). The Morgan fingerprint density at radius 3 is 2.65 bits per heavy atom. The Morgan fingerprint density at radius 1 is 1.20 bits per heavy atom. The molecule has 1 unspecified atom stereocenters. The number of carbonyl (C=O) groups excluding carboxylic acids is 1. The quantitative estimate of drug-likeness (QED) is 0.822. The van der Waals surface area contributed by atoms with Crippen molar-refractivity contribution in [2.45, 2.75) is 50.7 Å². The van der Waals surface area contributed by atoms with Crippen molar-refractivity contribution in [1.82, 2.24) is 10.2 Å². The van der Waals surface area contributed by atoms with Crippen LogP contribution in [-0.2, 0) is 9.53 Å². The first kappa shape index (κ1) is 15.1. The predicted molar refractivity (Wildman–Crippen MR) is 73.5 cm³/mol. The van der Waals surface area contributed by atoms with Crippen LogP contribution >= 0.6 is 0 Å². The second kappa shape index (κ2) is 6.92. The average Bonchev–Trinajstić information content (AvgIpc) is 2.48. The third-order valence-corrected chi connectivity index (χ3v) is 4.37. The highest BCUT2D eigenvalue weighted by molar-refractivity contribution is 5.76. The minimum Gasteiger partial charge on any atom is -0.481 e. The number of urea groups is 1. The Labute approximate surface area is 119 Å². The third kappa shape index (κ3) is 3.62. The number of carboxylic acid groups (broad SMARTS) is 1. The zero-order valence-electron chi connectivity index (χ0n) is 12.0. The van der Waals surface area contributed by atoms with Gasteiger partial charge in [-0.2, -0.15) is 0 Å². The van der Waals surface area contributed by atoms with Crippen molar-refractivity contribution in [2.24, 2.45) is 5.92 Å². The van der Waals surface area contributed by atoms with Crippen LogP contribution in [0.25, 0.3) is 0 Å². The summed E-state index contributed by atoms with van der Waals surface area (Å²) in [6, 6.07) is -0.101. The number of nitrogens with zero attached hydrogens (tertiary/aromatic N) is 1. The van der Waals surface area contributed by atoms with Crippen LogP contribution in [-0.4, -0.2) is 54.4 Å². The van der Waals surface area contributed by atoms with Crippen LogP contribution in [0.15, 0.2) is 0 Å². The molecule has 0 aromatic carbocycles. The van der Waals surface area contributed by atoms with Crippen LogP contribution < -0.4 is 5.32 Å². The van der Waals surface area contributed by atoms with Gasteiger partial charge in [-0.15, -0.1) is 0 Å². The molecule has 2 aliphatic rings. The van der Waals surface area contributed by atoms with Crippen molar-refractivity contribution < 1.29 is 19.4 Å². The number of carboxylic acids is 1. The van der Waals surface area contributed by atoms with Gasteiger partial charge in [0.05, 0.1) is 18.1 Å². The van der Waals surface area contributed by atoms with Crippen molar-refractivity contribution in [3.63, 3.8) is 0 Å². The molecule has 0 spiro atoms. The predicted octanol–water partition coefficient (Wildman–Crippen LogP) is 1.45. The monoisotopic (exact) mass is 284 g/mol. The van der Waals surface area contributed by atoms with E-state index in [1.165, 1.54) is 0 Å². The highest BCUT2D eigenvalue weighted by atomic mass is 16.5. The summed E-state index contributed by atoms with van der Waals surface area (Å²) in [5.74, 6) is -1.24. The normalized spacial score (nSPS) is 30.9. The molecule has 1 heterocycles.